The number of amides is 1. The molecule has 0 atom stereocenters. The number of benzene rings is 2. The molecule has 0 saturated heterocycles. The molecule has 1 aliphatic heterocycles. The zero-order chi connectivity index (χ0) is 17.6. The van der Waals surface area contributed by atoms with Gasteiger partial charge in [0.15, 0.2) is 4.67 Å². The SMILES string of the molecule is Nc1ccc(C(=O)N2CCc3cc(Br)oc3-c3ccc(F)cc32)cc1. The molecule has 0 fully saturated rings. The monoisotopic (exact) mass is 400 g/mol. The van der Waals surface area contributed by atoms with E-state index in [0.29, 0.717) is 45.9 Å². The fraction of sp³-hybridized carbons (Fsp3) is 0.105. The summed E-state index contributed by atoms with van der Waals surface area (Å²) in [5.41, 5.74) is 8.96. The molecule has 2 aromatic carbocycles. The third-order valence-corrected chi connectivity index (χ3v) is 4.67. The third-order valence-electron chi connectivity index (χ3n) is 4.28. The first-order chi connectivity index (χ1) is 12.0. The van der Waals surface area contributed by atoms with Gasteiger partial charge in [0.2, 0.25) is 0 Å². The van der Waals surface area contributed by atoms with Crippen LogP contribution in [0.1, 0.15) is 15.9 Å². The van der Waals surface area contributed by atoms with Gasteiger partial charge in [-0.2, -0.15) is 0 Å². The Kier molecular flexibility index (Phi) is 3.84. The highest BCUT2D eigenvalue weighted by atomic mass is 79.9. The minimum atomic E-state index is -0.400. The molecule has 3 aromatic rings. The van der Waals surface area contributed by atoms with Crippen molar-refractivity contribution in [1.29, 1.82) is 0 Å². The molecule has 0 unspecified atom stereocenters. The van der Waals surface area contributed by atoms with Gasteiger partial charge >= 0.3 is 0 Å². The molecule has 0 spiro atoms. The normalized spacial score (nSPS) is 13.1. The predicted molar refractivity (Wildman–Crippen MR) is 98.0 cm³/mol. The van der Waals surface area contributed by atoms with Gasteiger partial charge in [0, 0.05) is 28.9 Å². The van der Waals surface area contributed by atoms with E-state index in [2.05, 4.69) is 15.9 Å². The van der Waals surface area contributed by atoms with Crippen LogP contribution >= 0.6 is 15.9 Å². The molecule has 6 heteroatoms. The first-order valence-corrected chi connectivity index (χ1v) is 8.58. The van der Waals surface area contributed by atoms with Crippen LogP contribution in [0.5, 0.6) is 0 Å². The number of nitrogens with zero attached hydrogens (tertiary/aromatic N) is 1. The Balaban J connectivity index is 1.83. The van der Waals surface area contributed by atoms with Crippen LogP contribution in [-0.2, 0) is 6.42 Å². The summed E-state index contributed by atoms with van der Waals surface area (Å²) in [5.74, 6) is 0.0634. The van der Waals surface area contributed by atoms with Crippen molar-refractivity contribution in [2.75, 3.05) is 17.2 Å². The number of carbonyl (C=O) groups excluding carboxylic acids is 1. The lowest BCUT2D eigenvalue weighted by Crippen LogP contribution is -2.32. The van der Waals surface area contributed by atoms with Crippen molar-refractivity contribution in [2.24, 2.45) is 0 Å². The fourth-order valence-electron chi connectivity index (χ4n) is 3.07. The van der Waals surface area contributed by atoms with Crippen LogP contribution in [0.3, 0.4) is 0 Å². The molecule has 4 rings (SSSR count). The zero-order valence-electron chi connectivity index (χ0n) is 13.1. The molecule has 4 nitrogen and oxygen atoms in total. The number of halogens is 2. The average molecular weight is 401 g/mol. The average Bonchev–Trinajstić information content (AvgIpc) is 2.89. The minimum absolute atomic E-state index is 0.198. The van der Waals surface area contributed by atoms with E-state index in [4.69, 9.17) is 10.2 Å². The van der Waals surface area contributed by atoms with E-state index in [0.717, 1.165) is 5.56 Å². The quantitative estimate of drug-likeness (QED) is 0.605. The van der Waals surface area contributed by atoms with Gasteiger partial charge in [-0.1, -0.05) is 0 Å². The first-order valence-electron chi connectivity index (χ1n) is 7.78. The minimum Gasteiger partial charge on any atom is -0.449 e. The summed E-state index contributed by atoms with van der Waals surface area (Å²) in [6.45, 7) is 0.429. The molecule has 25 heavy (non-hydrogen) atoms. The maximum absolute atomic E-state index is 13.9. The van der Waals surface area contributed by atoms with E-state index < -0.39 is 5.82 Å². The van der Waals surface area contributed by atoms with E-state index in [1.54, 1.807) is 35.2 Å². The predicted octanol–water partition coefficient (Wildman–Crippen LogP) is 4.63. The Labute approximate surface area is 152 Å². The van der Waals surface area contributed by atoms with Gasteiger partial charge in [-0.05, 0) is 70.9 Å². The lowest BCUT2D eigenvalue weighted by atomic mass is 10.1. The lowest BCUT2D eigenvalue weighted by Gasteiger charge is -2.23. The molecule has 0 radical (unpaired) electrons. The van der Waals surface area contributed by atoms with Crippen molar-refractivity contribution in [3.8, 4) is 11.3 Å². The smallest absolute Gasteiger partial charge is 0.258 e. The maximum atomic E-state index is 13.9. The second-order valence-electron chi connectivity index (χ2n) is 5.90. The Bertz CT molecular complexity index is 966. The van der Waals surface area contributed by atoms with Crippen LogP contribution in [0.25, 0.3) is 11.3 Å². The number of rotatable bonds is 1. The molecule has 126 valence electrons. The number of hydrogen-bond donors (Lipinski definition) is 1. The molecule has 0 aliphatic carbocycles. The van der Waals surface area contributed by atoms with Crippen LogP contribution in [-0.4, -0.2) is 12.5 Å². The summed E-state index contributed by atoms with van der Waals surface area (Å²) in [4.78, 5) is 14.6. The van der Waals surface area contributed by atoms with E-state index in [-0.39, 0.29) is 5.91 Å². The van der Waals surface area contributed by atoms with Crippen molar-refractivity contribution >= 4 is 33.2 Å². The Morgan fingerprint density at radius 1 is 1.16 bits per heavy atom. The van der Waals surface area contributed by atoms with E-state index in [9.17, 15) is 9.18 Å². The van der Waals surface area contributed by atoms with Gasteiger partial charge in [-0.25, -0.2) is 4.39 Å². The van der Waals surface area contributed by atoms with Gasteiger partial charge in [0.25, 0.3) is 5.91 Å². The second-order valence-corrected chi connectivity index (χ2v) is 6.68. The molecule has 2 heterocycles. The topological polar surface area (TPSA) is 59.5 Å². The van der Waals surface area contributed by atoms with Gasteiger partial charge in [0.1, 0.15) is 11.6 Å². The summed E-state index contributed by atoms with van der Waals surface area (Å²) in [6, 6.07) is 13.0. The van der Waals surface area contributed by atoms with Crippen molar-refractivity contribution in [1.82, 2.24) is 0 Å². The van der Waals surface area contributed by atoms with Crippen LogP contribution in [0.15, 0.2) is 57.6 Å². The zero-order valence-corrected chi connectivity index (χ0v) is 14.7. The van der Waals surface area contributed by atoms with Gasteiger partial charge < -0.3 is 15.1 Å². The molecular weight excluding hydrogens is 387 g/mol. The standard InChI is InChI=1S/C19H14BrFN2O2/c20-17-9-12-7-8-23(19(24)11-1-4-14(22)5-2-11)16-10-13(21)3-6-15(16)18(12)25-17/h1-6,9-10H,7-8,22H2. The van der Waals surface area contributed by atoms with E-state index >= 15 is 0 Å². The molecule has 2 N–H and O–H groups in total. The third kappa shape index (κ3) is 2.82. The number of nitrogens with two attached hydrogens (primary N) is 1. The molecular formula is C19H14BrFN2O2. The van der Waals surface area contributed by atoms with Crippen LogP contribution in [0.2, 0.25) is 0 Å². The van der Waals surface area contributed by atoms with Crippen LogP contribution in [0, 0.1) is 5.82 Å². The van der Waals surface area contributed by atoms with E-state index in [1.807, 2.05) is 6.07 Å². The Hall–Kier alpha value is -2.60. The van der Waals surface area contributed by atoms with E-state index in [1.165, 1.54) is 12.1 Å². The van der Waals surface area contributed by atoms with Crippen molar-refractivity contribution in [3.63, 3.8) is 0 Å². The van der Waals surface area contributed by atoms with Crippen LogP contribution < -0.4 is 10.6 Å². The molecule has 1 amide bonds. The van der Waals surface area contributed by atoms with Crippen molar-refractivity contribution < 1.29 is 13.6 Å². The summed E-state index contributed by atoms with van der Waals surface area (Å²) in [7, 11) is 0. The fourth-order valence-corrected chi connectivity index (χ4v) is 3.51. The molecule has 0 saturated carbocycles. The summed E-state index contributed by atoms with van der Waals surface area (Å²) in [6.07, 6.45) is 0.613. The number of anilines is 2. The number of fused-ring (bicyclic) bond motifs is 3. The molecule has 1 aromatic heterocycles. The summed E-state index contributed by atoms with van der Waals surface area (Å²) in [5, 5.41) is 0. The second kappa shape index (κ2) is 6.04. The summed E-state index contributed by atoms with van der Waals surface area (Å²) >= 11 is 3.34. The number of hydrogen-bond acceptors (Lipinski definition) is 3. The Morgan fingerprint density at radius 3 is 2.68 bits per heavy atom. The highest BCUT2D eigenvalue weighted by Crippen LogP contribution is 2.40. The van der Waals surface area contributed by atoms with Gasteiger partial charge in [0.05, 0.1) is 5.69 Å². The van der Waals surface area contributed by atoms with Crippen molar-refractivity contribution in [2.45, 2.75) is 6.42 Å². The van der Waals surface area contributed by atoms with Gasteiger partial charge in [-0.15, -0.1) is 0 Å². The highest BCUT2D eigenvalue weighted by molar-refractivity contribution is 9.10. The van der Waals surface area contributed by atoms with Crippen LogP contribution in [0.4, 0.5) is 15.8 Å². The highest BCUT2D eigenvalue weighted by Gasteiger charge is 2.28. The van der Waals surface area contributed by atoms with Crippen molar-refractivity contribution in [3.05, 3.63) is 70.1 Å². The molecule has 1 aliphatic rings. The number of nitrogen functional groups attached to an aromatic ring is 1. The summed E-state index contributed by atoms with van der Waals surface area (Å²) < 4.78 is 20.3. The first kappa shape index (κ1) is 15.9. The molecule has 0 bridgehead atoms. The lowest BCUT2D eigenvalue weighted by molar-refractivity contribution is 0.0987. The van der Waals surface area contributed by atoms with Gasteiger partial charge in [-0.3, -0.25) is 4.79 Å². The number of furan rings is 1. The Morgan fingerprint density at radius 2 is 1.92 bits per heavy atom. The largest absolute Gasteiger partial charge is 0.449 e. The maximum Gasteiger partial charge on any atom is 0.258 e. The number of carbonyl (C=O) groups is 1.